The molecule has 3 amide bonds. The highest BCUT2D eigenvalue weighted by atomic mass is 32.2. The predicted octanol–water partition coefficient (Wildman–Crippen LogP) is 2.51. The van der Waals surface area contributed by atoms with E-state index in [0.29, 0.717) is 33.3 Å². The molecule has 2 aromatic rings. The van der Waals surface area contributed by atoms with Crippen molar-refractivity contribution in [2.45, 2.75) is 38.0 Å². The first-order chi connectivity index (χ1) is 19.4. The highest BCUT2D eigenvalue weighted by molar-refractivity contribution is 7.90. The Kier molecular flexibility index (Phi) is 7.90. The summed E-state index contributed by atoms with van der Waals surface area (Å²) in [5.41, 5.74) is -1.98. The molecule has 2 aromatic carbocycles. The number of rotatable bonds is 7. The summed E-state index contributed by atoms with van der Waals surface area (Å²) in [5.74, 6) is -0.562. The zero-order valence-electron chi connectivity index (χ0n) is 21.8. The molecule has 0 atom stereocenters. The molecular weight excluding hydrogens is 565 g/mol. The Bertz CT molecular complexity index is 1500. The summed E-state index contributed by atoms with van der Waals surface area (Å²) in [4.78, 5) is 39.7. The van der Waals surface area contributed by atoms with Gasteiger partial charge in [0.05, 0.1) is 6.54 Å². The summed E-state index contributed by atoms with van der Waals surface area (Å²) in [6, 6.07) is 12.7. The zero-order chi connectivity index (χ0) is 29.4. The van der Waals surface area contributed by atoms with Gasteiger partial charge in [-0.15, -0.1) is 0 Å². The number of nitrogens with zero attached hydrogens (tertiary/aromatic N) is 3. The largest absolute Gasteiger partial charge is 0.511 e. The molecule has 3 aliphatic heterocycles. The van der Waals surface area contributed by atoms with E-state index in [1.165, 1.54) is 11.1 Å². The molecule has 3 aliphatic rings. The third kappa shape index (κ3) is 6.14. The van der Waals surface area contributed by atoms with Crippen molar-refractivity contribution in [3.8, 4) is 5.75 Å². The predicted molar refractivity (Wildman–Crippen MR) is 139 cm³/mol. The Hall–Kier alpha value is -3.75. The molecular formula is C27H27F3N4O6S. The van der Waals surface area contributed by atoms with Crippen molar-refractivity contribution in [1.82, 2.24) is 19.4 Å². The number of fused-ring (bicyclic) bond motifs is 1. The number of amides is 3. The van der Waals surface area contributed by atoms with Crippen molar-refractivity contribution in [2.24, 2.45) is 0 Å². The van der Waals surface area contributed by atoms with E-state index in [0.717, 1.165) is 11.1 Å². The minimum Gasteiger partial charge on any atom is -0.489 e. The van der Waals surface area contributed by atoms with E-state index in [4.69, 9.17) is 4.74 Å². The maximum Gasteiger partial charge on any atom is 0.511 e. The lowest BCUT2D eigenvalue weighted by Gasteiger charge is -2.34. The van der Waals surface area contributed by atoms with Crippen LogP contribution in [0.3, 0.4) is 0 Å². The number of alkyl halides is 3. The lowest BCUT2D eigenvalue weighted by atomic mass is 10.1. The summed E-state index contributed by atoms with van der Waals surface area (Å²) >= 11 is 0. The number of carbonyl (C=O) groups is 3. The fraction of sp³-hybridized carbons (Fsp3) is 0.370. The topological polar surface area (TPSA) is 116 Å². The van der Waals surface area contributed by atoms with Gasteiger partial charge >= 0.3 is 15.5 Å². The van der Waals surface area contributed by atoms with Gasteiger partial charge in [-0.3, -0.25) is 24.6 Å². The number of hydrogen-bond acceptors (Lipinski definition) is 7. The van der Waals surface area contributed by atoms with Crippen LogP contribution in [-0.2, 0) is 39.3 Å². The van der Waals surface area contributed by atoms with Crippen LogP contribution in [0.4, 0.5) is 13.2 Å². The van der Waals surface area contributed by atoms with E-state index < -0.39 is 21.4 Å². The zero-order valence-corrected chi connectivity index (χ0v) is 22.6. The Labute approximate surface area is 234 Å². The Morgan fingerprint density at radius 2 is 1.61 bits per heavy atom. The van der Waals surface area contributed by atoms with E-state index in [9.17, 15) is 36.0 Å². The third-order valence-corrected chi connectivity index (χ3v) is 8.85. The van der Waals surface area contributed by atoms with Crippen molar-refractivity contribution in [3.05, 3.63) is 76.5 Å². The molecule has 0 aliphatic carbocycles. The van der Waals surface area contributed by atoms with E-state index in [1.807, 2.05) is 29.2 Å². The number of ether oxygens (including phenoxy) is 1. The highest BCUT2D eigenvalue weighted by Gasteiger charge is 2.50. The van der Waals surface area contributed by atoms with E-state index in [2.05, 4.69) is 5.32 Å². The molecule has 0 unspecified atom stereocenters. The molecule has 3 heterocycles. The molecule has 0 spiro atoms. The quantitative estimate of drug-likeness (QED) is 0.388. The summed E-state index contributed by atoms with van der Waals surface area (Å²) in [5, 5.41) is 2.26. The fourth-order valence-electron chi connectivity index (χ4n) is 4.94. The minimum absolute atomic E-state index is 0.183. The number of carbonyl (C=O) groups excluding carboxylic acids is 3. The molecule has 5 rings (SSSR count). The van der Waals surface area contributed by atoms with Gasteiger partial charge in [0.25, 0.3) is 11.8 Å². The number of piperazine rings is 1. The highest BCUT2D eigenvalue weighted by Crippen LogP contribution is 2.33. The summed E-state index contributed by atoms with van der Waals surface area (Å²) in [6.07, 6.45) is 1.94. The maximum atomic E-state index is 12.9. The molecule has 41 heavy (non-hydrogen) atoms. The summed E-state index contributed by atoms with van der Waals surface area (Å²) in [6.45, 7) is 0.851. The van der Waals surface area contributed by atoms with Crippen molar-refractivity contribution in [1.29, 1.82) is 0 Å². The second kappa shape index (κ2) is 11.3. The lowest BCUT2D eigenvalue weighted by Crippen LogP contribution is -2.51. The normalized spacial score (nSPS) is 19.9. The number of hydrogen-bond donors (Lipinski definition) is 1. The van der Waals surface area contributed by atoms with Gasteiger partial charge in [0, 0.05) is 62.0 Å². The molecule has 218 valence electrons. The standard InChI is InChI=1S/C27H27F3N4O6S/c28-27(29,30)41(38,39)34-12-10-32(11-13-34)14-18-4-6-19(7-5-18)17-40-23-3-1-2-21-22(23)16-33(26(21)37)15-20-8-9-24(35)31-25(20)36/h1-7,15H,8-14,16-17H2,(H,31,35,36)/b20-15-. The van der Waals surface area contributed by atoms with Crippen LogP contribution in [0.25, 0.3) is 0 Å². The number of benzene rings is 2. The van der Waals surface area contributed by atoms with Crippen LogP contribution < -0.4 is 10.1 Å². The van der Waals surface area contributed by atoms with Crippen molar-refractivity contribution in [2.75, 3.05) is 26.2 Å². The van der Waals surface area contributed by atoms with Crippen LogP contribution in [0.1, 0.15) is 39.9 Å². The number of nitrogens with one attached hydrogen (secondary N) is 1. The van der Waals surface area contributed by atoms with Crippen LogP contribution in [0.5, 0.6) is 5.75 Å². The van der Waals surface area contributed by atoms with Crippen LogP contribution in [0.15, 0.2) is 54.2 Å². The first kappa shape index (κ1) is 28.8. The third-order valence-electron chi connectivity index (χ3n) is 7.22. The molecule has 14 heteroatoms. The van der Waals surface area contributed by atoms with Gasteiger partial charge in [0.15, 0.2) is 0 Å². The molecule has 0 saturated carbocycles. The smallest absolute Gasteiger partial charge is 0.489 e. The first-order valence-corrected chi connectivity index (χ1v) is 14.3. The van der Waals surface area contributed by atoms with Gasteiger partial charge in [-0.25, -0.2) is 8.42 Å². The van der Waals surface area contributed by atoms with E-state index >= 15 is 0 Å². The summed E-state index contributed by atoms with van der Waals surface area (Å²) in [7, 11) is -5.31. The van der Waals surface area contributed by atoms with Gasteiger partial charge < -0.3 is 9.64 Å². The Morgan fingerprint density at radius 3 is 2.27 bits per heavy atom. The molecule has 10 nitrogen and oxygen atoms in total. The number of piperidine rings is 1. The van der Waals surface area contributed by atoms with Crippen molar-refractivity contribution < 1.29 is 40.7 Å². The second-order valence-corrected chi connectivity index (χ2v) is 11.9. The summed E-state index contributed by atoms with van der Waals surface area (Å²) < 4.78 is 68.1. The SMILES string of the molecule is O=C1CC/C(=C/N2Cc3c(OCc4ccc(CN5CCN(S(=O)(=O)C(F)(F)F)CC5)cc4)cccc3C2=O)C(=O)N1. The van der Waals surface area contributed by atoms with Crippen molar-refractivity contribution in [3.63, 3.8) is 0 Å². The van der Waals surface area contributed by atoms with Crippen LogP contribution in [0, 0.1) is 0 Å². The van der Waals surface area contributed by atoms with Gasteiger partial charge in [-0.05, 0) is 29.7 Å². The molecule has 0 bridgehead atoms. The lowest BCUT2D eigenvalue weighted by molar-refractivity contribution is -0.130. The average Bonchev–Trinajstić information content (AvgIpc) is 3.25. The number of halogens is 3. The van der Waals surface area contributed by atoms with Crippen LogP contribution in [-0.4, -0.2) is 71.9 Å². The Morgan fingerprint density at radius 1 is 0.927 bits per heavy atom. The molecule has 2 fully saturated rings. The molecule has 2 saturated heterocycles. The van der Waals surface area contributed by atoms with Gasteiger partial charge in [0.2, 0.25) is 5.91 Å². The minimum atomic E-state index is -5.31. The van der Waals surface area contributed by atoms with Gasteiger partial charge in [-0.1, -0.05) is 30.3 Å². The van der Waals surface area contributed by atoms with E-state index in [1.54, 1.807) is 18.2 Å². The second-order valence-electron chi connectivity index (χ2n) is 9.98. The number of sulfonamides is 1. The van der Waals surface area contributed by atoms with E-state index in [-0.39, 0.29) is 64.0 Å². The molecule has 0 radical (unpaired) electrons. The monoisotopic (exact) mass is 592 g/mol. The fourth-order valence-corrected chi connectivity index (χ4v) is 5.88. The maximum absolute atomic E-state index is 12.9. The van der Waals surface area contributed by atoms with Crippen LogP contribution in [0.2, 0.25) is 0 Å². The van der Waals surface area contributed by atoms with Gasteiger partial charge in [0.1, 0.15) is 12.4 Å². The van der Waals surface area contributed by atoms with Gasteiger partial charge in [-0.2, -0.15) is 17.5 Å². The average molecular weight is 593 g/mol. The number of imide groups is 1. The van der Waals surface area contributed by atoms with Crippen LogP contribution >= 0.6 is 0 Å². The first-order valence-electron chi connectivity index (χ1n) is 12.9. The van der Waals surface area contributed by atoms with Crippen molar-refractivity contribution >= 4 is 27.7 Å². The molecule has 1 N–H and O–H groups in total. The Balaban J connectivity index is 1.16. The molecule has 0 aromatic heterocycles.